The number of carbonyl (C=O) groups is 2. The molecule has 0 bridgehead atoms. The number of aromatic nitrogens is 1. The molecule has 1 fully saturated rings. The Balaban J connectivity index is 2.03. The Labute approximate surface area is 145 Å². The number of anilines is 1. The van der Waals surface area contributed by atoms with Gasteiger partial charge >= 0.3 is 0 Å². The van der Waals surface area contributed by atoms with Gasteiger partial charge in [0.2, 0.25) is 11.8 Å². The van der Waals surface area contributed by atoms with Gasteiger partial charge in [0, 0.05) is 0 Å². The predicted octanol–water partition coefficient (Wildman–Crippen LogP) is 3.21. The van der Waals surface area contributed by atoms with Crippen LogP contribution in [0.2, 0.25) is 0 Å². The van der Waals surface area contributed by atoms with Crippen molar-refractivity contribution in [3.8, 4) is 0 Å². The molecule has 2 unspecified atom stereocenters. The van der Waals surface area contributed by atoms with E-state index in [9.17, 15) is 9.59 Å². The minimum Gasteiger partial charge on any atom is -0.369 e. The van der Waals surface area contributed by atoms with Crippen LogP contribution in [0.1, 0.15) is 33.4 Å². The average molecular weight is 354 g/mol. The topological polar surface area (TPSA) is 85.1 Å². The lowest BCUT2D eigenvalue weighted by Gasteiger charge is -2.02. The summed E-state index contributed by atoms with van der Waals surface area (Å²) in [4.78, 5) is 27.8. The minimum absolute atomic E-state index is 0.0118. The maximum atomic E-state index is 12.5. The molecule has 0 aromatic carbocycles. The number of hydrogen-bond acceptors (Lipinski definition) is 5. The summed E-state index contributed by atoms with van der Waals surface area (Å²) in [5.41, 5.74) is 7.19. The first-order valence-electron chi connectivity index (χ1n) is 7.47. The average Bonchev–Trinajstić information content (AvgIpc) is 2.75. The Bertz CT molecular complexity index is 660. The summed E-state index contributed by atoms with van der Waals surface area (Å²) in [6.07, 6.45) is 2.17. The summed E-state index contributed by atoms with van der Waals surface area (Å²) in [5, 5.41) is 3.50. The maximum Gasteiger partial charge on any atom is 0.230 e. The van der Waals surface area contributed by atoms with E-state index in [0.29, 0.717) is 5.13 Å². The summed E-state index contributed by atoms with van der Waals surface area (Å²) in [6.45, 7) is 10.2. The van der Waals surface area contributed by atoms with Gasteiger partial charge in [-0.05, 0) is 32.1 Å². The zero-order chi connectivity index (χ0) is 17.4. The summed E-state index contributed by atoms with van der Waals surface area (Å²) in [6, 6.07) is 0. The van der Waals surface area contributed by atoms with Crippen LogP contribution in [-0.4, -0.2) is 22.6 Å². The van der Waals surface area contributed by atoms with E-state index in [1.165, 1.54) is 28.7 Å². The van der Waals surface area contributed by atoms with Crippen molar-refractivity contribution in [1.82, 2.24) is 4.98 Å². The van der Waals surface area contributed by atoms with Crippen LogP contribution in [-0.2, 0) is 9.59 Å². The van der Waals surface area contributed by atoms with Crippen LogP contribution in [0.5, 0.6) is 0 Å². The minimum atomic E-state index is -0.363. The second-order valence-electron chi connectivity index (χ2n) is 6.70. The highest BCUT2D eigenvalue weighted by Gasteiger charge is 2.60. The first-order valence-corrected chi connectivity index (χ1v) is 9.27. The Hall–Kier alpha value is -1.34. The first-order chi connectivity index (χ1) is 10.6. The van der Waals surface area contributed by atoms with E-state index in [4.69, 9.17) is 5.73 Å². The summed E-state index contributed by atoms with van der Waals surface area (Å²) in [5.74, 6) is 0.116. The van der Waals surface area contributed by atoms with Crippen LogP contribution in [0.25, 0.3) is 0 Å². The molecule has 1 aromatic rings. The number of carbonyl (C=O) groups excluding carboxylic acids is 2. The largest absolute Gasteiger partial charge is 0.369 e. The highest BCUT2D eigenvalue weighted by Crippen LogP contribution is 2.59. The van der Waals surface area contributed by atoms with Gasteiger partial charge in [0.25, 0.3) is 0 Å². The van der Waals surface area contributed by atoms with Crippen molar-refractivity contribution in [3.63, 3.8) is 0 Å². The number of aryl methyl sites for hydroxylation is 1. The van der Waals surface area contributed by atoms with Crippen molar-refractivity contribution in [3.05, 3.63) is 17.3 Å². The first kappa shape index (κ1) is 18.0. The third-order valence-corrected chi connectivity index (χ3v) is 6.49. The standard InChI is InChI=1S/C16H23N3O2S2/c1-8(2)6-10-12(16(10,4)5)13(21)19-15-18-9(3)14(23-15)22-7-11(17)20/h6,10,12H,7H2,1-5H3,(H2,17,20)(H,18,19,21). The fraction of sp³-hybridized carbons (Fsp3) is 0.562. The molecule has 5 nitrogen and oxygen atoms in total. The van der Waals surface area contributed by atoms with Gasteiger partial charge in [0.1, 0.15) is 0 Å². The smallest absolute Gasteiger partial charge is 0.230 e. The van der Waals surface area contributed by atoms with Crippen molar-refractivity contribution in [2.24, 2.45) is 23.0 Å². The molecule has 1 saturated carbocycles. The molecule has 7 heteroatoms. The molecule has 2 rings (SSSR count). The third kappa shape index (κ3) is 4.14. The quantitative estimate of drug-likeness (QED) is 0.607. The number of amides is 2. The number of nitrogens with zero attached hydrogens (tertiary/aromatic N) is 1. The molecule has 1 aromatic heterocycles. The van der Waals surface area contributed by atoms with Crippen LogP contribution in [0.3, 0.4) is 0 Å². The second-order valence-corrected chi connectivity index (χ2v) is 8.95. The van der Waals surface area contributed by atoms with Crippen LogP contribution in [0.15, 0.2) is 15.9 Å². The molecule has 2 amide bonds. The van der Waals surface area contributed by atoms with E-state index in [2.05, 4.69) is 44.1 Å². The van der Waals surface area contributed by atoms with Gasteiger partial charge in [-0.15, -0.1) is 11.8 Å². The zero-order valence-corrected chi connectivity index (χ0v) is 15.7. The molecule has 23 heavy (non-hydrogen) atoms. The number of primary amides is 1. The number of hydrogen-bond donors (Lipinski definition) is 2. The van der Waals surface area contributed by atoms with Crippen molar-refractivity contribution >= 4 is 40.0 Å². The number of allylic oxidation sites excluding steroid dienone is 2. The van der Waals surface area contributed by atoms with Crippen LogP contribution >= 0.6 is 23.1 Å². The van der Waals surface area contributed by atoms with E-state index in [0.717, 1.165) is 9.90 Å². The third-order valence-electron chi connectivity index (χ3n) is 4.04. The van der Waals surface area contributed by atoms with Crippen molar-refractivity contribution in [2.75, 3.05) is 11.1 Å². The van der Waals surface area contributed by atoms with Crippen LogP contribution in [0.4, 0.5) is 5.13 Å². The van der Waals surface area contributed by atoms with E-state index < -0.39 is 0 Å². The molecule has 2 atom stereocenters. The van der Waals surface area contributed by atoms with Gasteiger partial charge in [0.15, 0.2) is 5.13 Å². The molecule has 0 aliphatic heterocycles. The van der Waals surface area contributed by atoms with Gasteiger partial charge in [0.05, 0.1) is 21.6 Å². The van der Waals surface area contributed by atoms with Gasteiger partial charge in [-0.2, -0.15) is 0 Å². The number of thiazole rings is 1. The highest BCUT2D eigenvalue weighted by molar-refractivity contribution is 8.01. The van der Waals surface area contributed by atoms with Gasteiger partial charge in [-0.25, -0.2) is 4.98 Å². The molecule has 1 aliphatic rings. The van der Waals surface area contributed by atoms with Crippen LogP contribution < -0.4 is 11.1 Å². The molecule has 1 heterocycles. The Morgan fingerprint density at radius 2 is 2.09 bits per heavy atom. The SMILES string of the molecule is CC(C)=CC1C(C(=O)Nc2nc(C)c(SCC(N)=O)s2)C1(C)C. The van der Waals surface area contributed by atoms with E-state index in [1.54, 1.807) is 0 Å². The fourth-order valence-electron chi connectivity index (χ4n) is 2.74. The number of nitrogens with one attached hydrogen (secondary N) is 1. The lowest BCUT2D eigenvalue weighted by Crippen LogP contribution is -2.16. The highest BCUT2D eigenvalue weighted by atomic mass is 32.2. The molecular weight excluding hydrogens is 330 g/mol. The lowest BCUT2D eigenvalue weighted by atomic mass is 10.1. The van der Waals surface area contributed by atoms with Crippen molar-refractivity contribution < 1.29 is 9.59 Å². The number of nitrogens with two attached hydrogens (primary N) is 1. The van der Waals surface area contributed by atoms with Crippen molar-refractivity contribution in [1.29, 1.82) is 0 Å². The Morgan fingerprint density at radius 1 is 1.43 bits per heavy atom. The zero-order valence-electron chi connectivity index (χ0n) is 14.1. The fourth-order valence-corrected chi connectivity index (χ4v) is 4.62. The van der Waals surface area contributed by atoms with E-state index >= 15 is 0 Å². The molecule has 0 radical (unpaired) electrons. The van der Waals surface area contributed by atoms with E-state index in [1.807, 2.05) is 6.92 Å². The molecule has 126 valence electrons. The van der Waals surface area contributed by atoms with E-state index in [-0.39, 0.29) is 34.8 Å². The summed E-state index contributed by atoms with van der Waals surface area (Å²) < 4.78 is 0.912. The Kier molecular flexibility index (Phi) is 5.20. The number of thioether (sulfide) groups is 1. The number of rotatable bonds is 6. The molecule has 0 saturated heterocycles. The second kappa shape index (κ2) is 6.65. The lowest BCUT2D eigenvalue weighted by molar-refractivity contribution is -0.118. The Morgan fingerprint density at radius 3 is 2.65 bits per heavy atom. The summed E-state index contributed by atoms with van der Waals surface area (Å²) >= 11 is 2.74. The van der Waals surface area contributed by atoms with Crippen LogP contribution in [0, 0.1) is 24.2 Å². The van der Waals surface area contributed by atoms with Crippen molar-refractivity contribution in [2.45, 2.75) is 38.8 Å². The monoisotopic (exact) mass is 353 g/mol. The molecule has 0 spiro atoms. The molecular formula is C16H23N3O2S2. The van der Waals surface area contributed by atoms with Gasteiger partial charge in [-0.3, -0.25) is 9.59 Å². The normalized spacial score (nSPS) is 21.6. The molecule has 1 aliphatic carbocycles. The summed E-state index contributed by atoms with van der Waals surface area (Å²) in [7, 11) is 0. The van der Waals surface area contributed by atoms with Gasteiger partial charge in [-0.1, -0.05) is 36.8 Å². The predicted molar refractivity (Wildman–Crippen MR) is 95.6 cm³/mol. The molecule has 3 N–H and O–H groups in total. The maximum absolute atomic E-state index is 12.5. The van der Waals surface area contributed by atoms with Gasteiger partial charge < -0.3 is 11.1 Å².